The summed E-state index contributed by atoms with van der Waals surface area (Å²) in [6.45, 7) is 0.512. The minimum Gasteiger partial charge on any atom is -0.481 e. The van der Waals surface area contributed by atoms with Gasteiger partial charge >= 0.3 is 12.0 Å². The molecule has 0 aliphatic heterocycles. The van der Waals surface area contributed by atoms with E-state index in [1.54, 1.807) is 19.2 Å². The first kappa shape index (κ1) is 16.6. The fourth-order valence-corrected chi connectivity index (χ4v) is 1.64. The number of methoxy groups -OCH3 is 1. The zero-order chi connectivity index (χ0) is 15.7. The molecule has 0 spiro atoms. The molecule has 1 aromatic rings. The van der Waals surface area contributed by atoms with E-state index in [1.165, 1.54) is 0 Å². The lowest BCUT2D eigenvalue weighted by Crippen LogP contribution is -2.34. The third-order valence-electron chi connectivity index (χ3n) is 2.66. The van der Waals surface area contributed by atoms with Crippen molar-refractivity contribution < 1.29 is 24.2 Å². The summed E-state index contributed by atoms with van der Waals surface area (Å²) in [6, 6.07) is 6.48. The van der Waals surface area contributed by atoms with Crippen LogP contribution in [0.3, 0.4) is 0 Å². The summed E-state index contributed by atoms with van der Waals surface area (Å²) >= 11 is 0. The van der Waals surface area contributed by atoms with Crippen LogP contribution in [-0.4, -0.2) is 36.7 Å². The number of ether oxygens (including phenoxy) is 1. The minimum absolute atomic E-state index is 0.242. The number of para-hydroxylation sites is 1. The average molecular weight is 294 g/mol. The SMILES string of the molecule is COCCc1ccccc1NC(=O)NC(=O)CCC(=O)O. The van der Waals surface area contributed by atoms with Crippen molar-refractivity contribution in [1.29, 1.82) is 0 Å². The van der Waals surface area contributed by atoms with E-state index in [2.05, 4.69) is 10.6 Å². The van der Waals surface area contributed by atoms with Gasteiger partial charge in [0.05, 0.1) is 13.0 Å². The van der Waals surface area contributed by atoms with E-state index in [0.29, 0.717) is 18.7 Å². The Labute approximate surface area is 122 Å². The van der Waals surface area contributed by atoms with Crippen LogP contribution >= 0.6 is 0 Å². The van der Waals surface area contributed by atoms with E-state index < -0.39 is 17.9 Å². The largest absolute Gasteiger partial charge is 0.481 e. The van der Waals surface area contributed by atoms with Crippen LogP contribution in [0.1, 0.15) is 18.4 Å². The lowest BCUT2D eigenvalue weighted by Gasteiger charge is -2.11. The highest BCUT2D eigenvalue weighted by molar-refractivity contribution is 6.01. The first-order valence-electron chi connectivity index (χ1n) is 6.42. The Balaban J connectivity index is 2.54. The van der Waals surface area contributed by atoms with Crippen LogP contribution in [0.15, 0.2) is 24.3 Å². The van der Waals surface area contributed by atoms with E-state index in [9.17, 15) is 14.4 Å². The van der Waals surface area contributed by atoms with Gasteiger partial charge in [0.1, 0.15) is 0 Å². The number of carbonyl (C=O) groups excluding carboxylic acids is 2. The van der Waals surface area contributed by atoms with Gasteiger partial charge in [-0.05, 0) is 18.1 Å². The van der Waals surface area contributed by atoms with Crippen molar-refractivity contribution in [3.63, 3.8) is 0 Å². The molecule has 0 saturated heterocycles. The van der Waals surface area contributed by atoms with Crippen LogP contribution in [-0.2, 0) is 20.7 Å². The Bertz CT molecular complexity index is 516. The molecular formula is C14H18N2O5. The zero-order valence-corrected chi connectivity index (χ0v) is 11.7. The molecular weight excluding hydrogens is 276 g/mol. The normalized spacial score (nSPS) is 9.95. The molecule has 1 aromatic carbocycles. The number of aliphatic carboxylic acids is 1. The van der Waals surface area contributed by atoms with Gasteiger partial charge in [-0.1, -0.05) is 18.2 Å². The van der Waals surface area contributed by atoms with Crippen LogP contribution in [0, 0.1) is 0 Å². The third kappa shape index (κ3) is 6.53. The van der Waals surface area contributed by atoms with Crippen LogP contribution in [0.2, 0.25) is 0 Å². The zero-order valence-electron chi connectivity index (χ0n) is 11.7. The van der Waals surface area contributed by atoms with Crippen LogP contribution in [0.4, 0.5) is 10.5 Å². The van der Waals surface area contributed by atoms with Gasteiger partial charge < -0.3 is 15.2 Å². The molecule has 0 atom stereocenters. The second-order valence-electron chi connectivity index (χ2n) is 4.30. The fraction of sp³-hybridized carbons (Fsp3) is 0.357. The van der Waals surface area contributed by atoms with E-state index in [4.69, 9.17) is 9.84 Å². The summed E-state index contributed by atoms with van der Waals surface area (Å²) in [4.78, 5) is 33.4. The molecule has 0 unspecified atom stereocenters. The van der Waals surface area contributed by atoms with Gasteiger partial charge in [-0.2, -0.15) is 0 Å². The van der Waals surface area contributed by atoms with Crippen LogP contribution < -0.4 is 10.6 Å². The summed E-state index contributed by atoms with van der Waals surface area (Å²) in [5, 5.41) is 13.1. The maximum atomic E-state index is 11.7. The molecule has 0 radical (unpaired) electrons. The molecule has 0 saturated carbocycles. The maximum absolute atomic E-state index is 11.7. The Morgan fingerprint density at radius 3 is 2.57 bits per heavy atom. The number of nitrogens with one attached hydrogen (secondary N) is 2. The summed E-state index contributed by atoms with van der Waals surface area (Å²) < 4.78 is 4.99. The molecule has 3 N–H and O–H groups in total. The van der Waals surface area contributed by atoms with Gasteiger partial charge in [0, 0.05) is 19.2 Å². The summed E-state index contributed by atoms with van der Waals surface area (Å²) in [7, 11) is 1.59. The van der Waals surface area contributed by atoms with Gasteiger partial charge in [0.15, 0.2) is 0 Å². The van der Waals surface area contributed by atoms with Crippen molar-refractivity contribution in [3.05, 3.63) is 29.8 Å². The van der Waals surface area contributed by atoms with Gasteiger partial charge in [-0.15, -0.1) is 0 Å². The van der Waals surface area contributed by atoms with E-state index in [-0.39, 0.29) is 12.8 Å². The van der Waals surface area contributed by atoms with Crippen LogP contribution in [0.5, 0.6) is 0 Å². The summed E-state index contributed by atoms with van der Waals surface area (Å²) in [5.41, 5.74) is 1.46. The highest BCUT2D eigenvalue weighted by Crippen LogP contribution is 2.15. The first-order valence-corrected chi connectivity index (χ1v) is 6.42. The molecule has 7 heteroatoms. The van der Waals surface area contributed by atoms with Crippen molar-refractivity contribution in [1.82, 2.24) is 5.32 Å². The predicted molar refractivity (Wildman–Crippen MR) is 76.1 cm³/mol. The monoisotopic (exact) mass is 294 g/mol. The lowest BCUT2D eigenvalue weighted by molar-refractivity contribution is -0.138. The molecule has 0 aliphatic rings. The number of amides is 3. The Morgan fingerprint density at radius 2 is 1.90 bits per heavy atom. The second-order valence-corrected chi connectivity index (χ2v) is 4.30. The van der Waals surface area contributed by atoms with E-state index >= 15 is 0 Å². The number of hydrogen-bond acceptors (Lipinski definition) is 4. The van der Waals surface area contributed by atoms with Gasteiger partial charge in [0.25, 0.3) is 0 Å². The van der Waals surface area contributed by atoms with Gasteiger partial charge in [-0.25, -0.2) is 4.79 Å². The summed E-state index contributed by atoms with van der Waals surface area (Å²) in [5.74, 6) is -1.72. The fourth-order valence-electron chi connectivity index (χ4n) is 1.64. The number of urea groups is 1. The van der Waals surface area contributed by atoms with Gasteiger partial charge in [-0.3, -0.25) is 14.9 Å². The molecule has 0 fully saturated rings. The molecule has 1 rings (SSSR count). The minimum atomic E-state index is -1.09. The van der Waals surface area contributed by atoms with Crippen molar-refractivity contribution in [3.8, 4) is 0 Å². The maximum Gasteiger partial charge on any atom is 0.325 e. The van der Waals surface area contributed by atoms with E-state index in [0.717, 1.165) is 5.56 Å². The third-order valence-corrected chi connectivity index (χ3v) is 2.66. The second kappa shape index (κ2) is 8.70. The molecule has 0 bridgehead atoms. The average Bonchev–Trinajstić information content (AvgIpc) is 2.44. The molecule has 0 aliphatic carbocycles. The number of benzene rings is 1. The Hall–Kier alpha value is -2.41. The molecule has 0 aromatic heterocycles. The quantitative estimate of drug-likeness (QED) is 0.705. The first-order chi connectivity index (χ1) is 10.0. The topological polar surface area (TPSA) is 105 Å². The molecule has 7 nitrogen and oxygen atoms in total. The smallest absolute Gasteiger partial charge is 0.325 e. The molecule has 114 valence electrons. The van der Waals surface area contributed by atoms with Crippen LogP contribution in [0.25, 0.3) is 0 Å². The number of imide groups is 1. The highest BCUT2D eigenvalue weighted by atomic mass is 16.5. The van der Waals surface area contributed by atoms with Gasteiger partial charge in [0.2, 0.25) is 5.91 Å². The number of carboxylic acid groups (broad SMARTS) is 1. The molecule has 0 heterocycles. The van der Waals surface area contributed by atoms with Crippen molar-refractivity contribution >= 4 is 23.6 Å². The van der Waals surface area contributed by atoms with Crippen molar-refractivity contribution in [2.24, 2.45) is 0 Å². The van der Waals surface area contributed by atoms with Crippen molar-refractivity contribution in [2.75, 3.05) is 19.0 Å². The number of hydrogen-bond donors (Lipinski definition) is 3. The number of carboxylic acids is 1. The predicted octanol–water partition coefficient (Wildman–Crippen LogP) is 1.39. The Morgan fingerprint density at radius 1 is 1.19 bits per heavy atom. The number of anilines is 1. The summed E-state index contributed by atoms with van der Waals surface area (Å²) in [6.07, 6.45) is 0.0670. The highest BCUT2D eigenvalue weighted by Gasteiger charge is 2.11. The molecule has 21 heavy (non-hydrogen) atoms. The van der Waals surface area contributed by atoms with Crippen molar-refractivity contribution in [2.45, 2.75) is 19.3 Å². The number of carbonyl (C=O) groups is 3. The lowest BCUT2D eigenvalue weighted by atomic mass is 10.1. The number of rotatable bonds is 7. The standard InChI is InChI=1S/C14H18N2O5/c1-21-9-8-10-4-2-3-5-11(10)15-14(20)16-12(17)6-7-13(18)19/h2-5H,6-9H2,1H3,(H,18,19)(H2,15,16,17,20). The Kier molecular flexibility index (Phi) is 6.90. The van der Waals surface area contributed by atoms with E-state index in [1.807, 2.05) is 12.1 Å². The molecule has 3 amide bonds.